The van der Waals surface area contributed by atoms with E-state index in [9.17, 15) is 23.5 Å². The number of hydrogen-bond acceptors (Lipinski definition) is 4. The molecule has 2 aromatic carbocycles. The standard InChI is InChI=1S/C30H28F2N2O4Si/c1-38-29(37)30(32)16-34(17-30)20-9-11-24-26(13-20)39(2,3)25-12-19(33-14-18(31)15-33)8-10-23(25)27(24)21-6-4-5-7-22(21)28(35)36/h4-13,18H,14-17H2,1-3H3/p+1. The Bertz CT molecular complexity index is 1560. The van der Waals surface area contributed by atoms with E-state index in [0.29, 0.717) is 18.7 Å². The van der Waals surface area contributed by atoms with E-state index >= 15 is 0 Å². The predicted octanol–water partition coefficient (Wildman–Crippen LogP) is 3.66. The molecule has 9 heteroatoms. The molecule has 2 saturated heterocycles. The molecule has 0 bridgehead atoms. The highest BCUT2D eigenvalue weighted by Gasteiger charge is 2.58. The molecule has 200 valence electrons. The Morgan fingerprint density at radius 2 is 1.82 bits per heavy atom. The average molecular weight is 548 g/mol. The number of benzene rings is 2. The molecule has 0 saturated carbocycles. The lowest BCUT2D eigenvalue weighted by atomic mass is 9.87. The van der Waals surface area contributed by atoms with Crippen LogP contribution in [0, 0.1) is 0 Å². The Labute approximate surface area is 226 Å². The largest absolute Gasteiger partial charge is 0.478 e. The van der Waals surface area contributed by atoms with Crippen molar-refractivity contribution >= 4 is 42.2 Å². The molecule has 3 heterocycles. The molecule has 2 aromatic rings. The summed E-state index contributed by atoms with van der Waals surface area (Å²) in [5.74, 6) is -1.87. The number of nitrogens with zero attached hydrogens (tertiary/aromatic N) is 2. The van der Waals surface area contributed by atoms with Crippen LogP contribution in [-0.4, -0.2) is 80.5 Å². The first-order valence-corrected chi connectivity index (χ1v) is 15.9. The van der Waals surface area contributed by atoms with E-state index in [-0.39, 0.29) is 18.7 Å². The molecule has 6 nitrogen and oxygen atoms in total. The number of carbonyl (C=O) groups excluding carboxylic acids is 1. The van der Waals surface area contributed by atoms with Gasteiger partial charge < -0.3 is 14.7 Å². The molecule has 1 N–H and O–H groups in total. The minimum Gasteiger partial charge on any atom is -0.478 e. The van der Waals surface area contributed by atoms with Crippen molar-refractivity contribution in [1.82, 2.24) is 0 Å². The number of fused-ring (bicyclic) bond motifs is 2. The van der Waals surface area contributed by atoms with Crippen LogP contribution in [0.3, 0.4) is 0 Å². The number of carboxylic acids is 1. The average Bonchev–Trinajstić information content (AvgIpc) is 2.89. The van der Waals surface area contributed by atoms with E-state index in [0.717, 1.165) is 38.5 Å². The van der Waals surface area contributed by atoms with Gasteiger partial charge in [-0.25, -0.2) is 22.9 Å². The van der Waals surface area contributed by atoms with Crippen LogP contribution >= 0.6 is 0 Å². The molecule has 0 unspecified atom stereocenters. The van der Waals surface area contributed by atoms with Crippen LogP contribution in [0.1, 0.15) is 21.5 Å². The van der Waals surface area contributed by atoms with Gasteiger partial charge in [-0.3, -0.25) is 0 Å². The SMILES string of the molecule is COC(=O)C1(F)C[N+](=C2C=CC3=C(c4ccccc4C(=O)O)c4ccc(N5CC(F)C5)cc4[Si](C)(C)C3=C2)C1. The van der Waals surface area contributed by atoms with Crippen LogP contribution in [0.4, 0.5) is 14.5 Å². The van der Waals surface area contributed by atoms with Crippen LogP contribution in [0.5, 0.6) is 0 Å². The molecule has 0 aromatic heterocycles. The van der Waals surface area contributed by atoms with Gasteiger partial charge >= 0.3 is 17.6 Å². The summed E-state index contributed by atoms with van der Waals surface area (Å²) < 4.78 is 35.0. The summed E-state index contributed by atoms with van der Waals surface area (Å²) in [4.78, 5) is 26.1. The Balaban J connectivity index is 1.54. The number of aromatic carboxylic acids is 1. The lowest BCUT2D eigenvalue weighted by Gasteiger charge is -2.41. The van der Waals surface area contributed by atoms with Crippen LogP contribution in [-0.2, 0) is 9.53 Å². The lowest BCUT2D eigenvalue weighted by molar-refractivity contribution is -0.614. The summed E-state index contributed by atoms with van der Waals surface area (Å²) in [6.07, 6.45) is 5.13. The zero-order valence-electron chi connectivity index (χ0n) is 22.0. The Morgan fingerprint density at radius 1 is 1.10 bits per heavy atom. The number of rotatable bonds is 4. The minimum atomic E-state index is -2.37. The van der Waals surface area contributed by atoms with Crippen LogP contribution in [0.15, 0.2) is 71.5 Å². The fourth-order valence-corrected chi connectivity index (χ4v) is 9.16. The van der Waals surface area contributed by atoms with Gasteiger partial charge in [0.2, 0.25) is 0 Å². The highest BCUT2D eigenvalue weighted by Crippen LogP contribution is 2.43. The van der Waals surface area contributed by atoms with Crippen molar-refractivity contribution in [3.8, 4) is 0 Å². The van der Waals surface area contributed by atoms with E-state index in [1.165, 1.54) is 7.11 Å². The van der Waals surface area contributed by atoms with E-state index in [4.69, 9.17) is 0 Å². The van der Waals surface area contributed by atoms with Crippen molar-refractivity contribution in [2.75, 3.05) is 38.2 Å². The first-order chi connectivity index (χ1) is 18.5. The first kappa shape index (κ1) is 25.4. The molecule has 4 aliphatic rings. The molecule has 3 aliphatic heterocycles. The molecule has 1 aliphatic carbocycles. The summed E-state index contributed by atoms with van der Waals surface area (Å²) in [6, 6.07) is 13.2. The smallest absolute Gasteiger partial charge is 0.357 e. The number of carbonyl (C=O) groups is 2. The Kier molecular flexibility index (Phi) is 5.76. The number of anilines is 1. The first-order valence-electron chi connectivity index (χ1n) is 12.9. The third kappa shape index (κ3) is 3.90. The number of carboxylic acid groups (broad SMARTS) is 1. The zero-order valence-corrected chi connectivity index (χ0v) is 23.0. The third-order valence-corrected chi connectivity index (χ3v) is 11.8. The van der Waals surface area contributed by atoms with Crippen molar-refractivity contribution in [2.24, 2.45) is 0 Å². The van der Waals surface area contributed by atoms with Gasteiger partial charge in [0.05, 0.1) is 25.8 Å². The zero-order chi connectivity index (χ0) is 27.7. The van der Waals surface area contributed by atoms with Crippen molar-refractivity contribution < 1.29 is 32.8 Å². The van der Waals surface area contributed by atoms with Gasteiger partial charge in [-0.1, -0.05) is 37.4 Å². The van der Waals surface area contributed by atoms with Crippen molar-refractivity contribution in [3.63, 3.8) is 0 Å². The summed E-state index contributed by atoms with van der Waals surface area (Å²) in [6.45, 7) is 5.05. The maximum absolute atomic E-state index is 14.9. The van der Waals surface area contributed by atoms with Gasteiger partial charge in [0, 0.05) is 17.8 Å². The maximum Gasteiger partial charge on any atom is 0.357 e. The van der Waals surface area contributed by atoms with Crippen molar-refractivity contribution in [1.29, 1.82) is 0 Å². The number of hydrogen-bond donors (Lipinski definition) is 1. The number of ether oxygens (including phenoxy) is 1. The number of halogens is 2. The molecule has 0 atom stereocenters. The number of methoxy groups -OCH3 is 1. The maximum atomic E-state index is 14.9. The van der Waals surface area contributed by atoms with Gasteiger partial charge in [0.15, 0.2) is 18.8 Å². The molecular weight excluding hydrogens is 518 g/mol. The number of alkyl halides is 2. The summed E-state index contributed by atoms with van der Waals surface area (Å²) >= 11 is 0. The van der Waals surface area contributed by atoms with Crippen molar-refractivity contribution in [2.45, 2.75) is 24.9 Å². The van der Waals surface area contributed by atoms with Gasteiger partial charge in [0.25, 0.3) is 0 Å². The summed E-state index contributed by atoms with van der Waals surface area (Å²) in [5, 5.41) is 12.3. The third-order valence-electron chi connectivity index (χ3n) is 8.32. The molecule has 39 heavy (non-hydrogen) atoms. The second kappa shape index (κ2) is 8.84. The highest BCUT2D eigenvalue weighted by atomic mass is 28.3. The topological polar surface area (TPSA) is 69.8 Å². The van der Waals surface area contributed by atoms with E-state index in [1.807, 2.05) is 45.9 Å². The van der Waals surface area contributed by atoms with Crippen molar-refractivity contribution in [3.05, 3.63) is 88.2 Å². The molecule has 6 rings (SSSR count). The highest BCUT2D eigenvalue weighted by molar-refractivity contribution is 6.98. The van der Waals surface area contributed by atoms with E-state index < -0.39 is 31.9 Å². The minimum absolute atomic E-state index is 0.0844. The normalized spacial score (nSPS) is 23.4. The molecule has 0 amide bonds. The van der Waals surface area contributed by atoms with Gasteiger partial charge in [-0.05, 0) is 56.9 Å². The Morgan fingerprint density at radius 3 is 2.49 bits per heavy atom. The molecular formula is C30H29F2N2O4Si+. The second-order valence-corrected chi connectivity index (χ2v) is 15.5. The predicted molar refractivity (Wildman–Crippen MR) is 148 cm³/mol. The fraction of sp³-hybridized carbons (Fsp3) is 0.300. The summed E-state index contributed by atoms with van der Waals surface area (Å²) in [7, 11) is -1.18. The van der Waals surface area contributed by atoms with Crippen LogP contribution in [0.2, 0.25) is 13.1 Å². The lowest BCUT2D eigenvalue weighted by Crippen LogP contribution is -2.61. The van der Waals surface area contributed by atoms with E-state index in [2.05, 4.69) is 30.0 Å². The summed E-state index contributed by atoms with van der Waals surface area (Å²) in [5.41, 5.74) is 3.36. The van der Waals surface area contributed by atoms with E-state index in [1.54, 1.807) is 12.1 Å². The monoisotopic (exact) mass is 547 g/mol. The quantitative estimate of drug-likeness (QED) is 0.360. The molecule has 0 radical (unpaired) electrons. The van der Waals surface area contributed by atoms with Crippen LogP contribution in [0.25, 0.3) is 5.57 Å². The van der Waals surface area contributed by atoms with Crippen LogP contribution < -0.4 is 10.1 Å². The van der Waals surface area contributed by atoms with Gasteiger partial charge in [-0.15, -0.1) is 0 Å². The number of esters is 1. The molecule has 0 spiro atoms. The molecule has 2 fully saturated rings. The Hall–Kier alpha value is -3.85. The fourth-order valence-electron chi connectivity index (χ4n) is 6.08. The van der Waals surface area contributed by atoms with Gasteiger partial charge in [-0.2, -0.15) is 0 Å². The second-order valence-electron chi connectivity index (χ2n) is 11.1. The van der Waals surface area contributed by atoms with Gasteiger partial charge in [0.1, 0.15) is 14.2 Å². The number of allylic oxidation sites excluding steroid dienone is 5.